The van der Waals surface area contributed by atoms with E-state index in [1.807, 2.05) is 36.4 Å². The summed E-state index contributed by atoms with van der Waals surface area (Å²) in [6, 6.07) is 15.0. The Bertz CT molecular complexity index is 833. The lowest BCUT2D eigenvalue weighted by molar-refractivity contribution is 0.0995. The molecule has 0 saturated carbocycles. The summed E-state index contributed by atoms with van der Waals surface area (Å²) in [4.78, 5) is 15.0. The molecule has 0 aliphatic heterocycles. The molecule has 0 spiro atoms. The van der Waals surface area contributed by atoms with Crippen LogP contribution in [0.15, 0.2) is 59.2 Å². The second-order valence-electron chi connectivity index (χ2n) is 4.44. The maximum Gasteiger partial charge on any atom is 0.267 e. The number of aromatic nitrogens is 1. The molecule has 21 heavy (non-hydrogen) atoms. The predicted molar refractivity (Wildman–Crippen MR) is 84.5 cm³/mol. The van der Waals surface area contributed by atoms with Crippen molar-refractivity contribution >= 4 is 32.6 Å². The normalized spacial score (nSPS) is 10.5. The van der Waals surface area contributed by atoms with E-state index in [-0.39, 0.29) is 5.69 Å². The fourth-order valence-corrected chi connectivity index (χ4v) is 2.60. The minimum Gasteiger partial charge on any atom is -0.456 e. The number of pyridine rings is 1. The van der Waals surface area contributed by atoms with Crippen LogP contribution in [-0.2, 0) is 0 Å². The number of hydrogen-bond donors (Lipinski definition) is 1. The van der Waals surface area contributed by atoms with E-state index < -0.39 is 5.91 Å². The van der Waals surface area contributed by atoms with Gasteiger partial charge in [-0.15, -0.1) is 0 Å². The lowest BCUT2D eigenvalue weighted by Crippen LogP contribution is -2.12. The van der Waals surface area contributed by atoms with Crippen LogP contribution in [0, 0.1) is 0 Å². The number of carbonyl (C=O) groups is 1. The zero-order valence-corrected chi connectivity index (χ0v) is 12.5. The third-order valence-electron chi connectivity index (χ3n) is 3.04. The van der Waals surface area contributed by atoms with Gasteiger partial charge in [0.15, 0.2) is 0 Å². The number of nitrogens with zero attached hydrogens (tertiary/aromatic N) is 1. The summed E-state index contributed by atoms with van der Waals surface area (Å²) in [5, 5.41) is 2.17. The van der Waals surface area contributed by atoms with Crippen molar-refractivity contribution in [3.8, 4) is 11.5 Å². The van der Waals surface area contributed by atoms with E-state index >= 15 is 0 Å². The second-order valence-corrected chi connectivity index (χ2v) is 5.23. The van der Waals surface area contributed by atoms with Gasteiger partial charge in [-0.05, 0) is 38.8 Å². The number of benzene rings is 2. The van der Waals surface area contributed by atoms with Crippen LogP contribution in [-0.4, -0.2) is 10.9 Å². The first-order valence-corrected chi connectivity index (χ1v) is 7.05. The first kappa shape index (κ1) is 13.6. The Morgan fingerprint density at radius 3 is 2.76 bits per heavy atom. The number of primary amides is 1. The molecule has 2 aromatic carbocycles. The zero-order valence-electron chi connectivity index (χ0n) is 10.9. The van der Waals surface area contributed by atoms with Gasteiger partial charge in [-0.1, -0.05) is 30.3 Å². The Balaban J connectivity index is 2.00. The minimum atomic E-state index is -0.585. The summed E-state index contributed by atoms with van der Waals surface area (Å²) >= 11 is 3.55. The Labute approximate surface area is 129 Å². The van der Waals surface area contributed by atoms with Gasteiger partial charge >= 0.3 is 0 Å². The Kier molecular flexibility index (Phi) is 3.58. The van der Waals surface area contributed by atoms with Crippen LogP contribution in [0.4, 0.5) is 0 Å². The molecule has 2 N–H and O–H groups in total. The van der Waals surface area contributed by atoms with Crippen LogP contribution in [0.2, 0.25) is 0 Å². The fraction of sp³-hybridized carbons (Fsp3) is 0. The van der Waals surface area contributed by atoms with E-state index in [2.05, 4.69) is 20.9 Å². The second kappa shape index (κ2) is 5.54. The summed E-state index contributed by atoms with van der Waals surface area (Å²) in [5.41, 5.74) is 5.38. The quantitative estimate of drug-likeness (QED) is 0.785. The largest absolute Gasteiger partial charge is 0.456 e. The molecule has 104 valence electrons. The Morgan fingerprint density at radius 2 is 1.95 bits per heavy atom. The molecule has 0 aliphatic rings. The first-order chi connectivity index (χ1) is 10.1. The average molecular weight is 343 g/mol. The van der Waals surface area contributed by atoms with E-state index in [1.165, 1.54) is 12.3 Å². The number of ether oxygens (including phenoxy) is 1. The molecular formula is C16H11BrN2O2. The highest BCUT2D eigenvalue weighted by molar-refractivity contribution is 9.10. The molecule has 0 radical (unpaired) electrons. The fourth-order valence-electron chi connectivity index (χ4n) is 2.03. The molecule has 0 saturated heterocycles. The lowest BCUT2D eigenvalue weighted by Gasteiger charge is -2.10. The molecule has 5 heteroatoms. The SMILES string of the molecule is NC(=O)c1cc(Oc2ccc3ccccc3c2Br)ccn1. The average Bonchev–Trinajstić information content (AvgIpc) is 2.51. The number of fused-ring (bicyclic) bond motifs is 1. The predicted octanol–water partition coefficient (Wildman–Crippen LogP) is 3.89. The third-order valence-corrected chi connectivity index (χ3v) is 3.86. The van der Waals surface area contributed by atoms with Gasteiger partial charge in [-0.3, -0.25) is 9.78 Å². The molecule has 3 aromatic rings. The summed E-state index contributed by atoms with van der Waals surface area (Å²) < 4.78 is 6.67. The van der Waals surface area contributed by atoms with Gasteiger partial charge in [0, 0.05) is 12.3 Å². The Morgan fingerprint density at radius 1 is 1.14 bits per heavy atom. The third kappa shape index (κ3) is 2.73. The van der Waals surface area contributed by atoms with Crippen molar-refractivity contribution in [3.63, 3.8) is 0 Å². The smallest absolute Gasteiger partial charge is 0.267 e. The molecule has 1 amide bonds. The van der Waals surface area contributed by atoms with Gasteiger partial charge < -0.3 is 10.5 Å². The highest BCUT2D eigenvalue weighted by Crippen LogP contribution is 2.35. The van der Waals surface area contributed by atoms with Crippen LogP contribution < -0.4 is 10.5 Å². The van der Waals surface area contributed by atoms with E-state index in [9.17, 15) is 4.79 Å². The highest BCUT2D eigenvalue weighted by Gasteiger charge is 2.09. The van der Waals surface area contributed by atoms with E-state index in [0.29, 0.717) is 11.5 Å². The van der Waals surface area contributed by atoms with Gasteiger partial charge in [0.25, 0.3) is 5.91 Å². The maximum absolute atomic E-state index is 11.1. The zero-order chi connectivity index (χ0) is 14.8. The van der Waals surface area contributed by atoms with Gasteiger partial charge in [-0.25, -0.2) is 0 Å². The number of carbonyl (C=O) groups excluding carboxylic acids is 1. The summed E-state index contributed by atoms with van der Waals surface area (Å²) in [7, 11) is 0. The number of amides is 1. The molecular weight excluding hydrogens is 332 g/mol. The van der Waals surface area contributed by atoms with Gasteiger partial charge in [0.2, 0.25) is 0 Å². The summed E-state index contributed by atoms with van der Waals surface area (Å²) in [6.07, 6.45) is 1.49. The number of nitrogens with two attached hydrogens (primary N) is 1. The van der Waals surface area contributed by atoms with Crippen LogP contribution in [0.5, 0.6) is 11.5 Å². The molecule has 1 aromatic heterocycles. The van der Waals surface area contributed by atoms with Crippen molar-refractivity contribution in [3.05, 3.63) is 64.9 Å². The standard InChI is InChI=1S/C16H11BrN2O2/c17-15-12-4-2-1-3-10(12)5-6-14(15)21-11-7-8-19-13(9-11)16(18)20/h1-9H,(H2,18,20). The minimum absolute atomic E-state index is 0.171. The summed E-state index contributed by atoms with van der Waals surface area (Å²) in [6.45, 7) is 0. The van der Waals surface area contributed by atoms with Crippen molar-refractivity contribution in [2.24, 2.45) is 5.73 Å². The summed E-state index contributed by atoms with van der Waals surface area (Å²) in [5.74, 6) is 0.586. The lowest BCUT2D eigenvalue weighted by atomic mass is 10.1. The van der Waals surface area contributed by atoms with E-state index in [1.54, 1.807) is 6.07 Å². The van der Waals surface area contributed by atoms with Gasteiger partial charge in [-0.2, -0.15) is 0 Å². The number of rotatable bonds is 3. The molecule has 0 unspecified atom stereocenters. The van der Waals surface area contributed by atoms with E-state index in [0.717, 1.165) is 15.2 Å². The van der Waals surface area contributed by atoms with Crippen molar-refractivity contribution in [1.82, 2.24) is 4.98 Å². The van der Waals surface area contributed by atoms with Crippen LogP contribution in [0.25, 0.3) is 10.8 Å². The molecule has 4 nitrogen and oxygen atoms in total. The Hall–Kier alpha value is -2.40. The molecule has 3 rings (SSSR count). The van der Waals surface area contributed by atoms with Crippen molar-refractivity contribution < 1.29 is 9.53 Å². The maximum atomic E-state index is 11.1. The molecule has 0 fully saturated rings. The van der Waals surface area contributed by atoms with Crippen molar-refractivity contribution in [2.45, 2.75) is 0 Å². The van der Waals surface area contributed by atoms with Crippen LogP contribution >= 0.6 is 15.9 Å². The van der Waals surface area contributed by atoms with E-state index in [4.69, 9.17) is 10.5 Å². The molecule has 0 aliphatic carbocycles. The van der Waals surface area contributed by atoms with Crippen molar-refractivity contribution in [2.75, 3.05) is 0 Å². The molecule has 0 bridgehead atoms. The van der Waals surface area contributed by atoms with Crippen LogP contribution in [0.3, 0.4) is 0 Å². The topological polar surface area (TPSA) is 65.2 Å². The molecule has 1 heterocycles. The van der Waals surface area contributed by atoms with Gasteiger partial charge in [0.1, 0.15) is 17.2 Å². The monoisotopic (exact) mass is 342 g/mol. The molecule has 0 atom stereocenters. The first-order valence-electron chi connectivity index (χ1n) is 6.26. The highest BCUT2D eigenvalue weighted by atomic mass is 79.9. The number of halogens is 1. The number of hydrogen-bond acceptors (Lipinski definition) is 3. The van der Waals surface area contributed by atoms with Crippen molar-refractivity contribution in [1.29, 1.82) is 0 Å². The van der Waals surface area contributed by atoms with Crippen LogP contribution in [0.1, 0.15) is 10.5 Å². The van der Waals surface area contributed by atoms with Gasteiger partial charge in [0.05, 0.1) is 4.47 Å².